The van der Waals surface area contributed by atoms with E-state index in [9.17, 15) is 44.1 Å². The summed E-state index contributed by atoms with van der Waals surface area (Å²) in [6.45, 7) is 0. The summed E-state index contributed by atoms with van der Waals surface area (Å²) in [5.74, 6) is -12.3. The first kappa shape index (κ1) is 30.5. The fourth-order valence-electron chi connectivity index (χ4n) is 1.75. The van der Waals surface area contributed by atoms with Crippen LogP contribution in [0.15, 0.2) is 0 Å². The van der Waals surface area contributed by atoms with Crippen LogP contribution in [-0.2, 0) is 33.5 Å². The van der Waals surface area contributed by atoms with Gasteiger partial charge in [0.25, 0.3) is 0 Å². The van der Waals surface area contributed by atoms with Gasteiger partial charge in [-0.05, 0) is 0 Å². The molecule has 0 aliphatic heterocycles. The molecule has 0 radical (unpaired) electrons. The fraction of sp³-hybridized carbons (Fsp3) is 0.500. The standard InChI is InChI=1S/C12H14O13.2Na/c13-5(14)1-11(24,9(20)21)4-8(19)25-12(10(22)23,2-6(15)16)3-7(17)18;;/h24H,1-4H2,(H,13,14)(H,15,16)(H,17,18)(H,20,21)(H,22,23);;/q;2*+1/p-2. The molecule has 4 N–H and O–H groups in total. The summed E-state index contributed by atoms with van der Waals surface area (Å²) in [4.78, 5) is 65.5. The predicted molar refractivity (Wildman–Crippen MR) is 65.2 cm³/mol. The molecule has 0 aromatic carbocycles. The van der Waals surface area contributed by atoms with Gasteiger partial charge in [0.05, 0.1) is 25.2 Å². The van der Waals surface area contributed by atoms with Crippen LogP contribution in [0, 0.1) is 0 Å². The zero-order chi connectivity index (χ0) is 20.0. The van der Waals surface area contributed by atoms with E-state index in [1.165, 1.54) is 0 Å². The molecule has 0 heterocycles. The number of hydrogen-bond donors (Lipinski definition) is 4. The Hall–Kier alpha value is -1.22. The maximum Gasteiger partial charge on any atom is 1.00 e. The monoisotopic (exact) mass is 410 g/mol. The maximum atomic E-state index is 11.7. The van der Waals surface area contributed by atoms with Crippen molar-refractivity contribution in [3.8, 4) is 0 Å². The molecule has 0 amide bonds. The number of carboxylic acids is 5. The van der Waals surface area contributed by atoms with E-state index in [0.717, 1.165) is 0 Å². The molecule has 0 aliphatic rings. The molecular weight excluding hydrogens is 398 g/mol. The van der Waals surface area contributed by atoms with Gasteiger partial charge in [0.2, 0.25) is 0 Å². The molecule has 0 aromatic rings. The van der Waals surface area contributed by atoms with Crippen molar-refractivity contribution in [3.63, 3.8) is 0 Å². The SMILES string of the molecule is O=C([O-])CC(CC(=O)O)(OC(=O)CC(O)(CC(=O)O)C(=O)O)C(=O)[O-].[Na+].[Na+]. The van der Waals surface area contributed by atoms with Gasteiger partial charge in [-0.15, -0.1) is 0 Å². The Morgan fingerprint density at radius 3 is 1.52 bits per heavy atom. The number of esters is 1. The van der Waals surface area contributed by atoms with Crippen molar-refractivity contribution in [2.45, 2.75) is 36.9 Å². The molecular formula is C12H12Na2O13. The van der Waals surface area contributed by atoms with Gasteiger partial charge in [0, 0.05) is 12.4 Å². The summed E-state index contributed by atoms with van der Waals surface area (Å²) in [6, 6.07) is 0. The third-order valence-electron chi connectivity index (χ3n) is 2.83. The molecule has 15 heteroatoms. The van der Waals surface area contributed by atoms with Crippen LogP contribution in [0.2, 0.25) is 0 Å². The van der Waals surface area contributed by atoms with E-state index in [1.54, 1.807) is 0 Å². The molecule has 27 heavy (non-hydrogen) atoms. The minimum atomic E-state index is -3.25. The van der Waals surface area contributed by atoms with Crippen LogP contribution in [0.5, 0.6) is 0 Å². The van der Waals surface area contributed by atoms with E-state index >= 15 is 0 Å². The molecule has 0 rings (SSSR count). The molecule has 0 aromatic heterocycles. The molecule has 2 atom stereocenters. The van der Waals surface area contributed by atoms with Crippen LogP contribution in [0.1, 0.15) is 25.7 Å². The third-order valence-corrected chi connectivity index (χ3v) is 2.83. The molecule has 0 spiro atoms. The fourth-order valence-corrected chi connectivity index (χ4v) is 1.75. The number of rotatable bonds is 11. The molecule has 0 saturated heterocycles. The smallest absolute Gasteiger partial charge is 0.550 e. The molecule has 2 unspecified atom stereocenters. The van der Waals surface area contributed by atoms with Crippen molar-refractivity contribution in [1.29, 1.82) is 0 Å². The summed E-state index contributed by atoms with van der Waals surface area (Å²) in [7, 11) is 0. The van der Waals surface area contributed by atoms with E-state index < -0.39 is 72.7 Å². The molecule has 0 aliphatic carbocycles. The van der Waals surface area contributed by atoms with E-state index in [1.807, 2.05) is 0 Å². The second kappa shape index (κ2) is 12.3. The van der Waals surface area contributed by atoms with Gasteiger partial charge in [-0.3, -0.25) is 14.4 Å². The normalized spacial score (nSPS) is 14.1. The Labute approximate surface area is 194 Å². The number of aliphatic hydroxyl groups is 1. The van der Waals surface area contributed by atoms with Crippen molar-refractivity contribution in [1.82, 2.24) is 0 Å². The zero-order valence-corrected chi connectivity index (χ0v) is 18.3. The minimum Gasteiger partial charge on any atom is -0.550 e. The summed E-state index contributed by atoms with van der Waals surface area (Å²) in [5, 5.41) is 57.3. The van der Waals surface area contributed by atoms with E-state index in [-0.39, 0.29) is 59.1 Å². The van der Waals surface area contributed by atoms with Crippen molar-refractivity contribution >= 4 is 35.8 Å². The predicted octanol–water partition coefficient (Wildman–Crippen LogP) is -10.7. The van der Waals surface area contributed by atoms with Crippen molar-refractivity contribution in [3.05, 3.63) is 0 Å². The van der Waals surface area contributed by atoms with Crippen molar-refractivity contribution < 1.29 is 123 Å². The number of hydrogen-bond acceptors (Lipinski definition) is 10. The quantitative estimate of drug-likeness (QED) is 0.183. The van der Waals surface area contributed by atoms with Crippen LogP contribution >= 0.6 is 0 Å². The first-order valence-electron chi connectivity index (χ1n) is 6.26. The number of carbonyl (C=O) groups is 6. The van der Waals surface area contributed by atoms with Gasteiger partial charge in [-0.1, -0.05) is 0 Å². The summed E-state index contributed by atoms with van der Waals surface area (Å²) in [6.07, 6.45) is -6.29. The molecule has 0 saturated carbocycles. The minimum absolute atomic E-state index is 0. The van der Waals surface area contributed by atoms with Crippen molar-refractivity contribution in [2.75, 3.05) is 0 Å². The Morgan fingerprint density at radius 1 is 0.778 bits per heavy atom. The maximum absolute atomic E-state index is 11.7. The Kier molecular flexibility index (Phi) is 13.9. The molecule has 140 valence electrons. The van der Waals surface area contributed by atoms with Gasteiger partial charge >= 0.3 is 83.0 Å². The van der Waals surface area contributed by atoms with Gasteiger partial charge in [-0.25, -0.2) is 4.79 Å². The van der Waals surface area contributed by atoms with Gasteiger partial charge in [0.1, 0.15) is 0 Å². The third kappa shape index (κ3) is 10.0. The number of aliphatic carboxylic acids is 5. The Bertz CT molecular complexity index is 600. The largest absolute Gasteiger partial charge is 1.00 e. The summed E-state index contributed by atoms with van der Waals surface area (Å²) < 4.78 is 4.23. The molecule has 0 bridgehead atoms. The van der Waals surface area contributed by atoms with Crippen LogP contribution in [0.4, 0.5) is 0 Å². The van der Waals surface area contributed by atoms with Gasteiger partial charge in [-0.2, -0.15) is 0 Å². The van der Waals surface area contributed by atoms with Crippen LogP contribution in [0.3, 0.4) is 0 Å². The van der Waals surface area contributed by atoms with E-state index in [2.05, 4.69) is 4.74 Å². The topological polar surface area (TPSA) is 239 Å². The van der Waals surface area contributed by atoms with Crippen LogP contribution in [-0.4, -0.2) is 67.4 Å². The van der Waals surface area contributed by atoms with Crippen LogP contribution in [0.25, 0.3) is 0 Å². The van der Waals surface area contributed by atoms with Gasteiger partial charge < -0.3 is 45.0 Å². The first-order chi connectivity index (χ1) is 11.2. The average Bonchev–Trinajstić information content (AvgIpc) is 2.34. The first-order valence-corrected chi connectivity index (χ1v) is 6.26. The average molecular weight is 410 g/mol. The van der Waals surface area contributed by atoms with E-state index in [0.29, 0.717) is 0 Å². The Balaban J connectivity index is -0.00000288. The number of carboxylic acid groups (broad SMARTS) is 5. The summed E-state index contributed by atoms with van der Waals surface area (Å²) in [5.41, 5.74) is -6.45. The molecule has 0 fully saturated rings. The Morgan fingerprint density at radius 2 is 1.22 bits per heavy atom. The van der Waals surface area contributed by atoms with E-state index in [4.69, 9.17) is 15.3 Å². The number of ether oxygens (including phenoxy) is 1. The second-order valence-corrected chi connectivity index (χ2v) is 4.96. The number of carbonyl (C=O) groups excluding carboxylic acids is 3. The van der Waals surface area contributed by atoms with Crippen molar-refractivity contribution in [2.24, 2.45) is 0 Å². The van der Waals surface area contributed by atoms with Crippen LogP contribution < -0.4 is 69.3 Å². The second-order valence-electron chi connectivity index (χ2n) is 4.96. The van der Waals surface area contributed by atoms with Gasteiger partial charge in [0.15, 0.2) is 11.2 Å². The summed E-state index contributed by atoms with van der Waals surface area (Å²) >= 11 is 0. The molecule has 13 nitrogen and oxygen atoms in total. The zero-order valence-electron chi connectivity index (χ0n) is 14.3.